The van der Waals surface area contributed by atoms with Crippen molar-refractivity contribution in [2.24, 2.45) is 0 Å². The molecule has 0 saturated heterocycles. The topological polar surface area (TPSA) is 17.1 Å². The predicted octanol–water partition coefficient (Wildman–Crippen LogP) is 3.31. The van der Waals surface area contributed by atoms with Crippen molar-refractivity contribution >= 4 is 17.5 Å². The minimum absolute atomic E-state index is 0.140. The highest BCUT2D eigenvalue weighted by Gasteiger charge is 2.02. The van der Waals surface area contributed by atoms with Crippen molar-refractivity contribution in [3.8, 4) is 0 Å². The highest BCUT2D eigenvalue weighted by molar-refractivity contribution is 7.99. The molecule has 0 saturated carbocycles. The first kappa shape index (κ1) is 10.3. The van der Waals surface area contributed by atoms with Gasteiger partial charge in [-0.2, -0.15) is 0 Å². The van der Waals surface area contributed by atoms with Crippen molar-refractivity contribution in [3.63, 3.8) is 0 Å². The molecule has 1 aromatic carbocycles. The Morgan fingerprint density at radius 1 is 1.38 bits per heavy atom. The molecule has 0 aliphatic heterocycles. The molecule has 0 aliphatic carbocycles. The molecule has 0 unspecified atom stereocenters. The van der Waals surface area contributed by atoms with Crippen LogP contribution < -0.4 is 0 Å². The average molecular weight is 194 g/mol. The second-order valence-corrected chi connectivity index (χ2v) is 4.36. The van der Waals surface area contributed by atoms with Crippen LogP contribution in [0.3, 0.4) is 0 Å². The molecular formula is C11H14OS. The van der Waals surface area contributed by atoms with E-state index in [-0.39, 0.29) is 5.78 Å². The van der Waals surface area contributed by atoms with Gasteiger partial charge >= 0.3 is 0 Å². The van der Waals surface area contributed by atoms with Crippen LogP contribution in [0.2, 0.25) is 0 Å². The Hall–Kier alpha value is -0.760. The van der Waals surface area contributed by atoms with Gasteiger partial charge < -0.3 is 0 Å². The summed E-state index contributed by atoms with van der Waals surface area (Å²) in [6.45, 7) is 5.74. The molecule has 1 aromatic rings. The number of carbonyl (C=O) groups excluding carboxylic acids is 1. The van der Waals surface area contributed by atoms with E-state index < -0.39 is 0 Å². The third kappa shape index (κ3) is 2.88. The van der Waals surface area contributed by atoms with Crippen LogP contribution in [0.4, 0.5) is 0 Å². The lowest BCUT2D eigenvalue weighted by Crippen LogP contribution is -1.93. The highest BCUT2D eigenvalue weighted by atomic mass is 32.2. The maximum absolute atomic E-state index is 11.1. The van der Waals surface area contributed by atoms with E-state index in [1.807, 2.05) is 19.1 Å². The molecule has 70 valence electrons. The van der Waals surface area contributed by atoms with Crippen LogP contribution in [0.5, 0.6) is 0 Å². The minimum atomic E-state index is 0.140. The molecule has 0 spiro atoms. The molecule has 0 radical (unpaired) electrons. The van der Waals surface area contributed by atoms with Crippen molar-refractivity contribution in [2.75, 3.05) is 5.75 Å². The maximum atomic E-state index is 11.1. The number of hydrogen-bond acceptors (Lipinski definition) is 2. The van der Waals surface area contributed by atoms with Crippen molar-refractivity contribution in [3.05, 3.63) is 29.3 Å². The second kappa shape index (κ2) is 4.47. The number of aryl methyl sites for hydroxylation is 1. The van der Waals surface area contributed by atoms with Gasteiger partial charge in [0, 0.05) is 10.5 Å². The summed E-state index contributed by atoms with van der Waals surface area (Å²) in [7, 11) is 0. The second-order valence-electron chi connectivity index (χ2n) is 3.02. The molecule has 0 heterocycles. The van der Waals surface area contributed by atoms with Gasteiger partial charge in [-0.3, -0.25) is 4.79 Å². The lowest BCUT2D eigenvalue weighted by atomic mass is 10.1. The van der Waals surface area contributed by atoms with Crippen molar-refractivity contribution < 1.29 is 4.79 Å². The number of ketones is 1. The normalized spacial score (nSPS) is 10.1. The molecule has 1 rings (SSSR count). The summed E-state index contributed by atoms with van der Waals surface area (Å²) in [4.78, 5) is 12.3. The largest absolute Gasteiger partial charge is 0.295 e. The van der Waals surface area contributed by atoms with Gasteiger partial charge in [0.2, 0.25) is 0 Å². The Bertz CT molecular complexity index is 318. The summed E-state index contributed by atoms with van der Waals surface area (Å²) in [5.74, 6) is 1.18. The Labute approximate surface area is 83.5 Å². The van der Waals surface area contributed by atoms with E-state index in [9.17, 15) is 4.79 Å². The van der Waals surface area contributed by atoms with Gasteiger partial charge in [0.25, 0.3) is 0 Å². The number of rotatable bonds is 3. The summed E-state index contributed by atoms with van der Waals surface area (Å²) >= 11 is 1.77. The monoisotopic (exact) mass is 194 g/mol. The fourth-order valence-corrected chi connectivity index (χ4v) is 2.01. The molecule has 0 bridgehead atoms. The van der Waals surface area contributed by atoms with Gasteiger partial charge in [-0.15, -0.1) is 11.8 Å². The zero-order valence-corrected chi connectivity index (χ0v) is 9.07. The first-order valence-electron chi connectivity index (χ1n) is 4.39. The summed E-state index contributed by atoms with van der Waals surface area (Å²) in [6, 6.07) is 6.01. The summed E-state index contributed by atoms with van der Waals surface area (Å²) < 4.78 is 0. The first-order valence-corrected chi connectivity index (χ1v) is 5.37. The van der Waals surface area contributed by atoms with Gasteiger partial charge in [0.1, 0.15) is 0 Å². The molecule has 1 nitrogen and oxygen atoms in total. The SMILES string of the molecule is CCSc1cc(C)cc(C(C)=O)c1. The van der Waals surface area contributed by atoms with Crippen LogP contribution in [0.1, 0.15) is 29.8 Å². The molecule has 0 aliphatic rings. The zero-order valence-electron chi connectivity index (χ0n) is 8.26. The minimum Gasteiger partial charge on any atom is -0.295 e. The molecule has 0 N–H and O–H groups in total. The van der Waals surface area contributed by atoms with E-state index in [4.69, 9.17) is 0 Å². The quantitative estimate of drug-likeness (QED) is 0.542. The van der Waals surface area contributed by atoms with E-state index >= 15 is 0 Å². The predicted molar refractivity (Wildman–Crippen MR) is 57.6 cm³/mol. The Morgan fingerprint density at radius 3 is 2.62 bits per heavy atom. The van der Waals surface area contributed by atoms with E-state index in [0.717, 1.165) is 16.9 Å². The number of carbonyl (C=O) groups is 1. The first-order chi connectivity index (χ1) is 6.13. The van der Waals surface area contributed by atoms with E-state index in [1.165, 1.54) is 4.90 Å². The van der Waals surface area contributed by atoms with E-state index in [0.29, 0.717) is 0 Å². The standard InChI is InChI=1S/C11H14OS/c1-4-13-11-6-8(2)5-10(7-11)9(3)12/h5-7H,4H2,1-3H3. The third-order valence-corrected chi connectivity index (χ3v) is 2.63. The van der Waals surface area contributed by atoms with Crippen LogP contribution in [-0.4, -0.2) is 11.5 Å². The van der Waals surface area contributed by atoms with E-state index in [1.54, 1.807) is 18.7 Å². The number of Topliss-reactive ketones (excluding diaryl/α,β-unsaturated/α-hetero) is 1. The lowest BCUT2D eigenvalue weighted by molar-refractivity contribution is 0.101. The van der Waals surface area contributed by atoms with Gasteiger partial charge in [0.05, 0.1) is 0 Å². The molecule has 0 amide bonds. The molecule has 0 fully saturated rings. The Kier molecular flexibility index (Phi) is 3.55. The van der Waals surface area contributed by atoms with Gasteiger partial charge in [0.15, 0.2) is 5.78 Å². The van der Waals surface area contributed by atoms with Crippen LogP contribution >= 0.6 is 11.8 Å². The molecule has 0 aromatic heterocycles. The number of thioether (sulfide) groups is 1. The number of benzene rings is 1. The molecule has 2 heteroatoms. The van der Waals surface area contributed by atoms with Crippen molar-refractivity contribution in [1.29, 1.82) is 0 Å². The molecule has 0 atom stereocenters. The zero-order chi connectivity index (χ0) is 9.84. The summed E-state index contributed by atoms with van der Waals surface area (Å²) in [5, 5.41) is 0. The van der Waals surface area contributed by atoms with Crippen molar-refractivity contribution in [2.45, 2.75) is 25.7 Å². The summed E-state index contributed by atoms with van der Waals surface area (Å²) in [6.07, 6.45) is 0. The fraction of sp³-hybridized carbons (Fsp3) is 0.364. The van der Waals surface area contributed by atoms with Crippen LogP contribution in [0, 0.1) is 6.92 Å². The van der Waals surface area contributed by atoms with Crippen molar-refractivity contribution in [1.82, 2.24) is 0 Å². The Balaban J connectivity index is 3.03. The number of hydrogen-bond donors (Lipinski definition) is 0. The molecule has 13 heavy (non-hydrogen) atoms. The highest BCUT2D eigenvalue weighted by Crippen LogP contribution is 2.21. The fourth-order valence-electron chi connectivity index (χ4n) is 1.20. The molecular weight excluding hydrogens is 180 g/mol. The smallest absolute Gasteiger partial charge is 0.159 e. The van der Waals surface area contributed by atoms with Gasteiger partial charge in [-0.25, -0.2) is 0 Å². The van der Waals surface area contributed by atoms with Crippen LogP contribution in [0.15, 0.2) is 23.1 Å². The van der Waals surface area contributed by atoms with Crippen LogP contribution in [-0.2, 0) is 0 Å². The third-order valence-electron chi connectivity index (χ3n) is 1.77. The van der Waals surface area contributed by atoms with Gasteiger partial charge in [-0.05, 0) is 43.4 Å². The Morgan fingerprint density at radius 2 is 2.08 bits per heavy atom. The van der Waals surface area contributed by atoms with Crippen LogP contribution in [0.25, 0.3) is 0 Å². The van der Waals surface area contributed by atoms with Gasteiger partial charge in [-0.1, -0.05) is 6.92 Å². The lowest BCUT2D eigenvalue weighted by Gasteiger charge is -2.03. The summed E-state index contributed by atoms with van der Waals surface area (Å²) in [5.41, 5.74) is 1.97. The average Bonchev–Trinajstić information content (AvgIpc) is 2.03. The maximum Gasteiger partial charge on any atom is 0.159 e. The van der Waals surface area contributed by atoms with E-state index in [2.05, 4.69) is 13.0 Å².